The van der Waals surface area contributed by atoms with E-state index in [0.29, 0.717) is 23.2 Å². The molecule has 8 nitrogen and oxygen atoms in total. The van der Waals surface area contributed by atoms with E-state index in [1.165, 1.54) is 19.3 Å². The fourth-order valence-electron chi connectivity index (χ4n) is 4.92. The van der Waals surface area contributed by atoms with E-state index in [1.807, 2.05) is 13.0 Å². The molecule has 3 heterocycles. The number of amides is 4. The Kier molecular flexibility index (Phi) is 5.00. The molecule has 0 spiro atoms. The minimum atomic E-state index is -0.788. The Balaban J connectivity index is 1.50. The number of benzene rings is 1. The topological polar surface area (TPSA) is 89.9 Å². The average molecular weight is 435 g/mol. The van der Waals surface area contributed by atoms with Crippen molar-refractivity contribution >= 4 is 29.6 Å². The largest absolute Gasteiger partial charge is 0.454 e. The summed E-state index contributed by atoms with van der Waals surface area (Å²) < 4.78 is 13.0. The number of barbiturate groups is 1. The molecule has 2 aromatic rings. The monoisotopic (exact) mass is 435 g/mol. The Morgan fingerprint density at radius 2 is 1.75 bits per heavy atom. The molecule has 4 amide bonds. The van der Waals surface area contributed by atoms with Gasteiger partial charge >= 0.3 is 6.03 Å². The SMILES string of the molecule is Cc1cc(/C=C2\C(=O)NC(=O)N(c3ccc4c(c3)OCO4)C2=O)c(C)n1C1CCCCC1. The number of aromatic nitrogens is 1. The van der Waals surface area contributed by atoms with Crippen LogP contribution < -0.4 is 19.7 Å². The lowest BCUT2D eigenvalue weighted by molar-refractivity contribution is -0.122. The van der Waals surface area contributed by atoms with Crippen molar-refractivity contribution in [1.82, 2.24) is 9.88 Å². The molecule has 0 atom stereocenters. The Labute approximate surface area is 185 Å². The van der Waals surface area contributed by atoms with Crippen LogP contribution in [0.15, 0.2) is 29.8 Å². The van der Waals surface area contributed by atoms with Crippen LogP contribution in [0.5, 0.6) is 11.5 Å². The van der Waals surface area contributed by atoms with Crippen molar-refractivity contribution in [3.8, 4) is 11.5 Å². The summed E-state index contributed by atoms with van der Waals surface area (Å²) in [4.78, 5) is 39.3. The van der Waals surface area contributed by atoms with Gasteiger partial charge in [0.25, 0.3) is 11.8 Å². The average Bonchev–Trinajstić information content (AvgIpc) is 3.35. The lowest BCUT2D eigenvalue weighted by Crippen LogP contribution is -2.54. The van der Waals surface area contributed by atoms with Crippen LogP contribution in [-0.2, 0) is 9.59 Å². The summed E-state index contributed by atoms with van der Waals surface area (Å²) in [5.41, 5.74) is 3.17. The second-order valence-electron chi connectivity index (χ2n) is 8.48. The molecule has 8 heteroatoms. The number of imide groups is 2. The van der Waals surface area contributed by atoms with Gasteiger partial charge < -0.3 is 14.0 Å². The molecule has 1 saturated carbocycles. The summed E-state index contributed by atoms with van der Waals surface area (Å²) in [5.74, 6) is -0.373. The number of anilines is 1. The smallest absolute Gasteiger partial charge is 0.335 e. The molecular weight excluding hydrogens is 410 g/mol. The van der Waals surface area contributed by atoms with Gasteiger partial charge in [0.05, 0.1) is 5.69 Å². The Morgan fingerprint density at radius 3 is 2.53 bits per heavy atom. The minimum Gasteiger partial charge on any atom is -0.454 e. The summed E-state index contributed by atoms with van der Waals surface area (Å²) in [6, 6.07) is 6.44. The highest BCUT2D eigenvalue weighted by atomic mass is 16.7. The van der Waals surface area contributed by atoms with Gasteiger partial charge in [-0.3, -0.25) is 14.9 Å². The van der Waals surface area contributed by atoms with E-state index in [2.05, 4.69) is 16.8 Å². The van der Waals surface area contributed by atoms with Crippen LogP contribution in [0.1, 0.15) is 55.1 Å². The van der Waals surface area contributed by atoms with Gasteiger partial charge in [-0.05, 0) is 56.5 Å². The van der Waals surface area contributed by atoms with Gasteiger partial charge in [0.2, 0.25) is 6.79 Å². The normalized spacial score (nSPS) is 20.2. The number of fused-ring (bicyclic) bond motifs is 1. The number of nitrogens with zero attached hydrogens (tertiary/aromatic N) is 2. The number of rotatable bonds is 3. The Bertz CT molecular complexity index is 1160. The summed E-state index contributed by atoms with van der Waals surface area (Å²) in [7, 11) is 0. The van der Waals surface area contributed by atoms with Gasteiger partial charge in [0.15, 0.2) is 11.5 Å². The van der Waals surface area contributed by atoms with Crippen LogP contribution in [0.3, 0.4) is 0 Å². The highest BCUT2D eigenvalue weighted by Crippen LogP contribution is 2.37. The van der Waals surface area contributed by atoms with Gasteiger partial charge in [0.1, 0.15) is 5.57 Å². The lowest BCUT2D eigenvalue weighted by atomic mass is 9.95. The van der Waals surface area contributed by atoms with E-state index in [9.17, 15) is 14.4 Å². The second-order valence-corrected chi connectivity index (χ2v) is 8.48. The van der Waals surface area contributed by atoms with Crippen molar-refractivity contribution in [2.75, 3.05) is 11.7 Å². The summed E-state index contributed by atoms with van der Waals surface area (Å²) in [5, 5.41) is 2.28. The van der Waals surface area contributed by atoms with E-state index >= 15 is 0 Å². The molecule has 3 aliphatic rings. The number of hydrogen-bond acceptors (Lipinski definition) is 5. The van der Waals surface area contributed by atoms with E-state index in [0.717, 1.165) is 34.7 Å². The van der Waals surface area contributed by atoms with Crippen LogP contribution in [0.4, 0.5) is 10.5 Å². The van der Waals surface area contributed by atoms with Crippen molar-refractivity contribution in [3.63, 3.8) is 0 Å². The molecule has 0 bridgehead atoms. The van der Waals surface area contributed by atoms with Gasteiger partial charge in [-0.1, -0.05) is 19.3 Å². The number of carbonyl (C=O) groups is 3. The van der Waals surface area contributed by atoms with Gasteiger partial charge in [-0.25, -0.2) is 9.69 Å². The third-order valence-electron chi connectivity index (χ3n) is 6.48. The Hall–Kier alpha value is -3.55. The molecule has 1 N–H and O–H groups in total. The number of hydrogen-bond donors (Lipinski definition) is 1. The fraction of sp³-hybridized carbons (Fsp3) is 0.375. The molecule has 1 aromatic carbocycles. The van der Waals surface area contributed by atoms with Crippen LogP contribution >= 0.6 is 0 Å². The summed E-state index contributed by atoms with van der Waals surface area (Å²) in [6.07, 6.45) is 7.56. The van der Waals surface area contributed by atoms with Crippen LogP contribution in [0, 0.1) is 13.8 Å². The molecule has 1 saturated heterocycles. The first kappa shape index (κ1) is 20.4. The maximum absolute atomic E-state index is 13.3. The van der Waals surface area contributed by atoms with Crippen molar-refractivity contribution in [2.45, 2.75) is 52.0 Å². The molecule has 2 fully saturated rings. The number of urea groups is 1. The number of aryl methyl sites for hydroxylation is 1. The lowest BCUT2D eigenvalue weighted by Gasteiger charge is -2.27. The van der Waals surface area contributed by atoms with E-state index in [4.69, 9.17) is 9.47 Å². The molecular formula is C24H25N3O5. The summed E-state index contributed by atoms with van der Waals surface area (Å²) in [6.45, 7) is 4.15. The zero-order valence-corrected chi connectivity index (χ0v) is 18.1. The Morgan fingerprint density at radius 1 is 1.00 bits per heavy atom. The van der Waals surface area contributed by atoms with Crippen LogP contribution in [-0.4, -0.2) is 29.2 Å². The molecule has 0 unspecified atom stereocenters. The van der Waals surface area contributed by atoms with Gasteiger partial charge in [-0.2, -0.15) is 0 Å². The van der Waals surface area contributed by atoms with Crippen LogP contribution in [0.25, 0.3) is 6.08 Å². The second kappa shape index (κ2) is 7.85. The fourth-order valence-corrected chi connectivity index (χ4v) is 4.92. The van der Waals surface area contributed by atoms with Gasteiger partial charge in [0, 0.05) is 23.5 Å². The zero-order chi connectivity index (χ0) is 22.4. The van der Waals surface area contributed by atoms with Crippen molar-refractivity contribution < 1.29 is 23.9 Å². The number of nitrogens with one attached hydrogen (secondary N) is 1. The van der Waals surface area contributed by atoms with E-state index in [-0.39, 0.29) is 12.4 Å². The molecule has 166 valence electrons. The standard InChI is InChI=1S/C24H25N3O5/c1-14-10-16(15(2)26(14)17-6-4-3-5-7-17)11-19-22(28)25-24(30)27(23(19)29)18-8-9-20-21(12-18)32-13-31-20/h8-12,17H,3-7,13H2,1-2H3,(H,25,28,30)/b19-11+. The number of ether oxygens (including phenoxy) is 2. The van der Waals surface area contributed by atoms with Crippen LogP contribution in [0.2, 0.25) is 0 Å². The first-order chi connectivity index (χ1) is 15.4. The molecule has 32 heavy (non-hydrogen) atoms. The first-order valence-electron chi connectivity index (χ1n) is 10.9. The minimum absolute atomic E-state index is 0.0776. The molecule has 5 rings (SSSR count). The summed E-state index contributed by atoms with van der Waals surface area (Å²) >= 11 is 0. The van der Waals surface area contributed by atoms with Crippen molar-refractivity contribution in [2.24, 2.45) is 0 Å². The zero-order valence-electron chi connectivity index (χ0n) is 18.1. The molecule has 2 aliphatic heterocycles. The predicted molar refractivity (Wildman–Crippen MR) is 118 cm³/mol. The van der Waals surface area contributed by atoms with E-state index < -0.39 is 17.8 Å². The first-order valence-corrected chi connectivity index (χ1v) is 10.9. The number of carbonyl (C=O) groups excluding carboxylic acids is 3. The maximum Gasteiger partial charge on any atom is 0.335 e. The highest BCUT2D eigenvalue weighted by Gasteiger charge is 2.37. The quantitative estimate of drug-likeness (QED) is 0.581. The van der Waals surface area contributed by atoms with Crippen molar-refractivity contribution in [3.05, 3.63) is 46.8 Å². The third-order valence-corrected chi connectivity index (χ3v) is 6.48. The third kappa shape index (κ3) is 3.36. The van der Waals surface area contributed by atoms with Crippen molar-refractivity contribution in [1.29, 1.82) is 0 Å². The molecule has 0 radical (unpaired) electrons. The molecule has 1 aliphatic carbocycles. The predicted octanol–water partition coefficient (Wildman–Crippen LogP) is 4.01. The molecule has 1 aromatic heterocycles. The van der Waals surface area contributed by atoms with Gasteiger partial charge in [-0.15, -0.1) is 0 Å². The van der Waals surface area contributed by atoms with E-state index in [1.54, 1.807) is 24.3 Å². The highest BCUT2D eigenvalue weighted by molar-refractivity contribution is 6.39. The maximum atomic E-state index is 13.3.